The standard InChI is InChI=1S/C11H16F5NO/c1-2-7-3-5-8(6-4-7)17-9(18)10(12,13)11(14,15)16/h7-8H,2-6H2,1H3,(H,17,18). The highest BCUT2D eigenvalue weighted by atomic mass is 19.4. The lowest BCUT2D eigenvalue weighted by molar-refractivity contribution is -0.270. The van der Waals surface area contributed by atoms with Gasteiger partial charge in [0.25, 0.3) is 0 Å². The van der Waals surface area contributed by atoms with Crippen LogP contribution in [0.25, 0.3) is 0 Å². The minimum Gasteiger partial charge on any atom is -0.348 e. The van der Waals surface area contributed by atoms with Gasteiger partial charge in [0, 0.05) is 6.04 Å². The third-order valence-corrected chi connectivity index (χ3v) is 3.40. The maximum Gasteiger partial charge on any atom is 0.463 e. The van der Waals surface area contributed by atoms with Gasteiger partial charge in [-0.15, -0.1) is 0 Å². The first-order valence-corrected chi connectivity index (χ1v) is 5.94. The Morgan fingerprint density at radius 1 is 1.11 bits per heavy atom. The first-order valence-electron chi connectivity index (χ1n) is 5.94. The van der Waals surface area contributed by atoms with E-state index in [0.717, 1.165) is 19.3 Å². The molecule has 0 aromatic heterocycles. The Kier molecular flexibility index (Phi) is 4.55. The maximum atomic E-state index is 12.7. The second-order valence-corrected chi connectivity index (χ2v) is 4.67. The van der Waals surface area contributed by atoms with Gasteiger partial charge >= 0.3 is 18.0 Å². The van der Waals surface area contributed by atoms with E-state index in [1.807, 2.05) is 6.92 Å². The van der Waals surface area contributed by atoms with Crippen LogP contribution >= 0.6 is 0 Å². The smallest absolute Gasteiger partial charge is 0.348 e. The lowest BCUT2D eigenvalue weighted by Gasteiger charge is -2.29. The number of carbonyl (C=O) groups excluding carboxylic acids is 1. The highest BCUT2D eigenvalue weighted by Crippen LogP contribution is 2.36. The molecule has 0 aromatic rings. The van der Waals surface area contributed by atoms with Crippen molar-refractivity contribution in [1.82, 2.24) is 5.32 Å². The highest BCUT2D eigenvalue weighted by Gasteiger charge is 2.63. The Hall–Kier alpha value is -0.880. The molecule has 0 atom stereocenters. The summed E-state index contributed by atoms with van der Waals surface area (Å²) >= 11 is 0. The molecule has 1 saturated carbocycles. The lowest BCUT2D eigenvalue weighted by Crippen LogP contribution is -2.53. The highest BCUT2D eigenvalue weighted by molar-refractivity contribution is 5.84. The van der Waals surface area contributed by atoms with Gasteiger partial charge in [-0.2, -0.15) is 22.0 Å². The average molecular weight is 273 g/mol. The Balaban J connectivity index is 2.51. The van der Waals surface area contributed by atoms with Gasteiger partial charge in [0.1, 0.15) is 0 Å². The zero-order chi connectivity index (χ0) is 14.0. The van der Waals surface area contributed by atoms with E-state index in [1.54, 1.807) is 5.32 Å². The number of amides is 1. The van der Waals surface area contributed by atoms with Crippen molar-refractivity contribution >= 4 is 5.91 Å². The zero-order valence-electron chi connectivity index (χ0n) is 9.99. The van der Waals surface area contributed by atoms with E-state index < -0.39 is 24.0 Å². The SMILES string of the molecule is CCC1CCC(NC(=O)C(F)(F)C(F)(F)F)CC1. The van der Waals surface area contributed by atoms with Gasteiger partial charge in [-0.3, -0.25) is 4.79 Å². The summed E-state index contributed by atoms with van der Waals surface area (Å²) in [5.41, 5.74) is 0. The molecule has 106 valence electrons. The molecule has 1 amide bonds. The van der Waals surface area contributed by atoms with Crippen molar-refractivity contribution in [2.45, 2.75) is 57.2 Å². The Morgan fingerprint density at radius 2 is 1.61 bits per heavy atom. The van der Waals surface area contributed by atoms with Crippen molar-refractivity contribution in [3.63, 3.8) is 0 Å². The number of hydrogen-bond acceptors (Lipinski definition) is 1. The van der Waals surface area contributed by atoms with Crippen molar-refractivity contribution in [3.05, 3.63) is 0 Å². The van der Waals surface area contributed by atoms with Crippen LogP contribution in [0.15, 0.2) is 0 Å². The molecule has 0 bridgehead atoms. The summed E-state index contributed by atoms with van der Waals surface area (Å²) in [6.45, 7) is 2.00. The Bertz CT molecular complexity index is 294. The first-order chi connectivity index (χ1) is 8.18. The van der Waals surface area contributed by atoms with Gasteiger partial charge in [-0.25, -0.2) is 0 Å². The monoisotopic (exact) mass is 273 g/mol. The minimum atomic E-state index is -5.84. The van der Waals surface area contributed by atoms with E-state index in [4.69, 9.17) is 0 Å². The summed E-state index contributed by atoms with van der Waals surface area (Å²) in [5.74, 6) is -7.08. The molecule has 1 aliphatic carbocycles. The number of nitrogens with one attached hydrogen (secondary N) is 1. The van der Waals surface area contributed by atoms with E-state index in [-0.39, 0.29) is 0 Å². The molecular weight excluding hydrogens is 257 g/mol. The van der Waals surface area contributed by atoms with Gasteiger partial charge in [0.05, 0.1) is 0 Å². The molecule has 0 radical (unpaired) electrons. The van der Waals surface area contributed by atoms with Crippen molar-refractivity contribution in [1.29, 1.82) is 0 Å². The van der Waals surface area contributed by atoms with Crippen LogP contribution in [0.3, 0.4) is 0 Å². The Labute approximate surface area is 102 Å². The van der Waals surface area contributed by atoms with Gasteiger partial charge in [-0.05, 0) is 31.6 Å². The summed E-state index contributed by atoms with van der Waals surface area (Å²) in [5, 5.41) is 1.80. The van der Waals surface area contributed by atoms with Crippen LogP contribution < -0.4 is 5.32 Å². The van der Waals surface area contributed by atoms with Crippen molar-refractivity contribution in [2.75, 3.05) is 0 Å². The average Bonchev–Trinajstić information content (AvgIpc) is 2.28. The second-order valence-electron chi connectivity index (χ2n) is 4.67. The van der Waals surface area contributed by atoms with Crippen molar-refractivity contribution in [2.24, 2.45) is 5.92 Å². The fraction of sp³-hybridized carbons (Fsp3) is 0.909. The summed E-state index contributed by atoms with van der Waals surface area (Å²) in [7, 11) is 0. The largest absolute Gasteiger partial charge is 0.463 e. The fourth-order valence-electron chi connectivity index (χ4n) is 2.12. The van der Waals surface area contributed by atoms with Crippen LogP contribution in [-0.2, 0) is 4.79 Å². The quantitative estimate of drug-likeness (QED) is 0.786. The van der Waals surface area contributed by atoms with E-state index in [2.05, 4.69) is 0 Å². The summed E-state index contributed by atoms with van der Waals surface area (Å²) in [6, 6.07) is -0.575. The van der Waals surface area contributed by atoms with E-state index in [9.17, 15) is 26.7 Å². The van der Waals surface area contributed by atoms with Gasteiger partial charge in [0.15, 0.2) is 0 Å². The number of carbonyl (C=O) groups is 1. The third kappa shape index (κ3) is 3.32. The maximum absolute atomic E-state index is 12.7. The van der Waals surface area contributed by atoms with Gasteiger partial charge in [-0.1, -0.05) is 13.3 Å². The molecule has 2 nitrogen and oxygen atoms in total. The molecule has 1 aliphatic rings. The number of alkyl halides is 5. The summed E-state index contributed by atoms with van der Waals surface area (Å²) in [4.78, 5) is 10.9. The molecule has 0 heterocycles. The van der Waals surface area contributed by atoms with Crippen LogP contribution in [-0.4, -0.2) is 24.0 Å². The molecule has 1 fully saturated rings. The molecule has 0 spiro atoms. The van der Waals surface area contributed by atoms with E-state index >= 15 is 0 Å². The number of halogens is 5. The van der Waals surface area contributed by atoms with Crippen molar-refractivity contribution < 1.29 is 26.7 Å². The molecule has 18 heavy (non-hydrogen) atoms. The zero-order valence-corrected chi connectivity index (χ0v) is 9.99. The van der Waals surface area contributed by atoms with Gasteiger partial charge < -0.3 is 5.32 Å². The van der Waals surface area contributed by atoms with Crippen LogP contribution in [0.1, 0.15) is 39.0 Å². The lowest BCUT2D eigenvalue weighted by atomic mass is 9.84. The molecule has 0 aliphatic heterocycles. The minimum absolute atomic E-state index is 0.457. The normalized spacial score (nSPS) is 25.9. The second kappa shape index (κ2) is 5.40. The summed E-state index contributed by atoms with van der Waals surface area (Å²) in [6.07, 6.45) is -2.47. The topological polar surface area (TPSA) is 29.1 Å². The van der Waals surface area contributed by atoms with E-state index in [0.29, 0.717) is 18.8 Å². The molecule has 0 aromatic carbocycles. The molecule has 0 unspecified atom stereocenters. The fourth-order valence-corrected chi connectivity index (χ4v) is 2.12. The predicted molar refractivity (Wildman–Crippen MR) is 55.2 cm³/mol. The number of rotatable bonds is 3. The van der Waals surface area contributed by atoms with Gasteiger partial charge in [0.2, 0.25) is 0 Å². The van der Waals surface area contributed by atoms with Crippen LogP contribution in [0, 0.1) is 5.92 Å². The molecule has 1 N–H and O–H groups in total. The molecule has 0 saturated heterocycles. The number of hydrogen-bond donors (Lipinski definition) is 1. The van der Waals surface area contributed by atoms with Crippen molar-refractivity contribution in [3.8, 4) is 0 Å². The van der Waals surface area contributed by atoms with Crippen LogP contribution in [0.2, 0.25) is 0 Å². The first kappa shape index (κ1) is 15.2. The molecule has 7 heteroatoms. The van der Waals surface area contributed by atoms with Crippen LogP contribution in [0.5, 0.6) is 0 Å². The molecule has 1 rings (SSSR count). The Morgan fingerprint density at radius 3 is 2.00 bits per heavy atom. The van der Waals surface area contributed by atoms with Crippen LogP contribution in [0.4, 0.5) is 22.0 Å². The molecular formula is C11H16F5NO. The van der Waals surface area contributed by atoms with E-state index in [1.165, 1.54) is 0 Å². The third-order valence-electron chi connectivity index (χ3n) is 3.40. The summed E-state index contributed by atoms with van der Waals surface area (Å²) < 4.78 is 61.2. The predicted octanol–water partition coefficient (Wildman–Crippen LogP) is 3.27.